The maximum absolute atomic E-state index is 13.1. The van der Waals surface area contributed by atoms with Crippen molar-refractivity contribution < 1.29 is 14.3 Å². The van der Waals surface area contributed by atoms with Gasteiger partial charge in [-0.3, -0.25) is 14.5 Å². The lowest BCUT2D eigenvalue weighted by Gasteiger charge is -2.26. The van der Waals surface area contributed by atoms with E-state index in [1.807, 2.05) is 64.9 Å². The molecule has 0 fully saturated rings. The zero-order valence-corrected chi connectivity index (χ0v) is 18.6. The molecule has 3 rings (SSSR count). The van der Waals surface area contributed by atoms with Gasteiger partial charge in [0.25, 0.3) is 0 Å². The van der Waals surface area contributed by atoms with Crippen LogP contribution in [-0.4, -0.2) is 55.3 Å². The fraction of sp³-hybridized carbons (Fsp3) is 0.391. The molecule has 0 bridgehead atoms. The minimum atomic E-state index is -0.154. The molecule has 1 atom stereocenters. The van der Waals surface area contributed by atoms with Crippen molar-refractivity contribution in [3.8, 4) is 5.75 Å². The standard InChI is InChI=1S/C23H29N3O3S/c1-4-25(15-22(27)24-18-8-7-9-19(14-18)29-3)16-23(28)26-13-12-17(2)30-21-11-6-5-10-20(21)26/h5-11,14,17H,4,12-13,15-16H2,1-3H3,(H,24,27)/t17-/m0/s1. The van der Waals surface area contributed by atoms with Gasteiger partial charge in [-0.2, -0.15) is 0 Å². The maximum Gasteiger partial charge on any atom is 0.241 e. The molecule has 0 unspecified atom stereocenters. The van der Waals surface area contributed by atoms with Gasteiger partial charge in [0.2, 0.25) is 11.8 Å². The molecule has 2 amide bonds. The summed E-state index contributed by atoms with van der Waals surface area (Å²) in [7, 11) is 1.59. The van der Waals surface area contributed by atoms with Crippen molar-refractivity contribution >= 4 is 35.0 Å². The number of hydrogen-bond donors (Lipinski definition) is 1. The average Bonchev–Trinajstić information content (AvgIpc) is 2.91. The van der Waals surface area contributed by atoms with Gasteiger partial charge in [0.1, 0.15) is 5.75 Å². The molecule has 160 valence electrons. The van der Waals surface area contributed by atoms with E-state index in [1.165, 1.54) is 0 Å². The highest BCUT2D eigenvalue weighted by Gasteiger charge is 2.25. The third-order valence-corrected chi connectivity index (χ3v) is 6.31. The van der Waals surface area contributed by atoms with Gasteiger partial charge in [0, 0.05) is 28.4 Å². The molecular weight excluding hydrogens is 398 g/mol. The Labute approximate surface area is 182 Å². The predicted molar refractivity (Wildman–Crippen MR) is 122 cm³/mol. The number of nitrogens with one attached hydrogen (secondary N) is 1. The summed E-state index contributed by atoms with van der Waals surface area (Å²) >= 11 is 1.81. The highest BCUT2D eigenvalue weighted by atomic mass is 32.2. The molecule has 6 nitrogen and oxygen atoms in total. The van der Waals surface area contributed by atoms with Gasteiger partial charge >= 0.3 is 0 Å². The smallest absolute Gasteiger partial charge is 0.241 e. The molecule has 1 N–H and O–H groups in total. The summed E-state index contributed by atoms with van der Waals surface area (Å²) in [5.74, 6) is 0.550. The largest absolute Gasteiger partial charge is 0.497 e. The van der Waals surface area contributed by atoms with Crippen LogP contribution in [0.5, 0.6) is 5.75 Å². The van der Waals surface area contributed by atoms with Crippen LogP contribution in [0.2, 0.25) is 0 Å². The first-order chi connectivity index (χ1) is 14.5. The van der Waals surface area contributed by atoms with Gasteiger partial charge in [0.05, 0.1) is 25.9 Å². The number of likely N-dealkylation sites (N-methyl/N-ethyl adjacent to an activating group) is 1. The molecule has 2 aromatic rings. The van der Waals surface area contributed by atoms with E-state index < -0.39 is 0 Å². The highest BCUT2D eigenvalue weighted by Crippen LogP contribution is 2.37. The Hall–Kier alpha value is -2.51. The zero-order valence-electron chi connectivity index (χ0n) is 17.8. The Kier molecular flexibility index (Phi) is 7.76. The van der Waals surface area contributed by atoms with Crippen LogP contribution in [0.3, 0.4) is 0 Å². The van der Waals surface area contributed by atoms with E-state index in [0.717, 1.165) is 17.0 Å². The van der Waals surface area contributed by atoms with Crippen molar-refractivity contribution in [1.29, 1.82) is 0 Å². The monoisotopic (exact) mass is 427 g/mol. The fourth-order valence-electron chi connectivity index (χ4n) is 3.41. The summed E-state index contributed by atoms with van der Waals surface area (Å²) in [5.41, 5.74) is 1.64. The summed E-state index contributed by atoms with van der Waals surface area (Å²) in [6.07, 6.45) is 0.938. The number of amides is 2. The predicted octanol–water partition coefficient (Wildman–Crippen LogP) is 3.87. The van der Waals surface area contributed by atoms with E-state index in [2.05, 4.69) is 18.3 Å². The van der Waals surface area contributed by atoms with Crippen LogP contribution in [0, 0.1) is 0 Å². The van der Waals surface area contributed by atoms with Gasteiger partial charge in [0.15, 0.2) is 0 Å². The molecule has 7 heteroatoms. The Balaban J connectivity index is 1.63. The number of hydrogen-bond acceptors (Lipinski definition) is 5. The van der Waals surface area contributed by atoms with E-state index >= 15 is 0 Å². The van der Waals surface area contributed by atoms with Crippen LogP contribution in [0.15, 0.2) is 53.4 Å². The summed E-state index contributed by atoms with van der Waals surface area (Å²) in [6.45, 7) is 5.81. The quantitative estimate of drug-likeness (QED) is 0.727. The van der Waals surface area contributed by atoms with E-state index in [0.29, 0.717) is 29.8 Å². The number of carbonyl (C=O) groups excluding carboxylic acids is 2. The topological polar surface area (TPSA) is 61.9 Å². The van der Waals surface area contributed by atoms with Crippen molar-refractivity contribution in [3.05, 3.63) is 48.5 Å². The van der Waals surface area contributed by atoms with Gasteiger partial charge in [-0.15, -0.1) is 11.8 Å². The normalized spacial score (nSPS) is 16.0. The first-order valence-corrected chi connectivity index (χ1v) is 11.1. The van der Waals surface area contributed by atoms with Gasteiger partial charge in [-0.05, 0) is 37.2 Å². The SMILES string of the molecule is CCN(CC(=O)Nc1cccc(OC)c1)CC(=O)N1CC[C@H](C)Sc2ccccc21. The molecule has 0 radical (unpaired) electrons. The number of benzene rings is 2. The molecule has 1 aliphatic rings. The second-order valence-corrected chi connectivity index (χ2v) is 8.79. The van der Waals surface area contributed by atoms with E-state index in [-0.39, 0.29) is 24.9 Å². The van der Waals surface area contributed by atoms with E-state index in [9.17, 15) is 9.59 Å². The number of carbonyl (C=O) groups is 2. The number of thioether (sulfide) groups is 1. The lowest BCUT2D eigenvalue weighted by molar-refractivity contribution is -0.121. The Bertz CT molecular complexity index is 890. The third kappa shape index (κ3) is 5.77. The molecule has 0 spiro atoms. The Morgan fingerprint density at radius 1 is 1.20 bits per heavy atom. The van der Waals surface area contributed by atoms with Crippen LogP contribution in [0.25, 0.3) is 0 Å². The zero-order chi connectivity index (χ0) is 21.5. The van der Waals surface area contributed by atoms with Crippen LogP contribution in [0.4, 0.5) is 11.4 Å². The first-order valence-electron chi connectivity index (χ1n) is 10.2. The summed E-state index contributed by atoms with van der Waals surface area (Å²) in [6, 6.07) is 15.3. The highest BCUT2D eigenvalue weighted by molar-refractivity contribution is 8.00. The molecule has 1 aliphatic heterocycles. The van der Waals surface area contributed by atoms with E-state index in [4.69, 9.17) is 4.74 Å². The van der Waals surface area contributed by atoms with Crippen molar-refractivity contribution in [2.24, 2.45) is 0 Å². The molecular formula is C23H29N3O3S. The minimum Gasteiger partial charge on any atom is -0.497 e. The number of nitrogens with zero attached hydrogens (tertiary/aromatic N) is 2. The van der Waals surface area contributed by atoms with Gasteiger partial charge in [-0.25, -0.2) is 0 Å². The molecule has 1 heterocycles. The number of ether oxygens (including phenoxy) is 1. The van der Waals surface area contributed by atoms with Gasteiger partial charge in [-0.1, -0.05) is 32.0 Å². The second kappa shape index (κ2) is 10.5. The number of methoxy groups -OCH3 is 1. The summed E-state index contributed by atoms with van der Waals surface area (Å²) < 4.78 is 5.19. The fourth-order valence-corrected chi connectivity index (χ4v) is 4.52. The molecule has 0 aromatic heterocycles. The second-order valence-electron chi connectivity index (χ2n) is 7.31. The third-order valence-electron chi connectivity index (χ3n) is 5.07. The van der Waals surface area contributed by atoms with Crippen LogP contribution >= 0.6 is 11.8 Å². The van der Waals surface area contributed by atoms with Crippen LogP contribution < -0.4 is 15.0 Å². The molecule has 0 aliphatic carbocycles. The maximum atomic E-state index is 13.1. The Morgan fingerprint density at radius 2 is 2.00 bits per heavy atom. The van der Waals surface area contributed by atoms with Crippen LogP contribution in [-0.2, 0) is 9.59 Å². The van der Waals surface area contributed by atoms with Crippen LogP contribution in [0.1, 0.15) is 20.3 Å². The van der Waals surface area contributed by atoms with Crippen molar-refractivity contribution in [3.63, 3.8) is 0 Å². The molecule has 30 heavy (non-hydrogen) atoms. The van der Waals surface area contributed by atoms with Crippen molar-refractivity contribution in [2.45, 2.75) is 30.4 Å². The number of anilines is 2. The van der Waals surface area contributed by atoms with Crippen molar-refractivity contribution in [2.75, 3.05) is 43.5 Å². The number of rotatable bonds is 7. The average molecular weight is 428 g/mol. The number of para-hydroxylation sites is 1. The summed E-state index contributed by atoms with van der Waals surface area (Å²) in [5, 5.41) is 3.34. The minimum absolute atomic E-state index is 0.0215. The lowest BCUT2D eigenvalue weighted by atomic mass is 10.2. The van der Waals surface area contributed by atoms with Gasteiger partial charge < -0.3 is 15.0 Å². The summed E-state index contributed by atoms with van der Waals surface area (Å²) in [4.78, 5) is 30.5. The molecule has 2 aromatic carbocycles. The lowest BCUT2D eigenvalue weighted by Crippen LogP contribution is -2.43. The first kappa shape index (κ1) is 22.2. The number of fused-ring (bicyclic) bond motifs is 1. The Morgan fingerprint density at radius 3 is 2.77 bits per heavy atom. The molecule has 0 saturated heterocycles. The molecule has 0 saturated carbocycles. The van der Waals surface area contributed by atoms with E-state index in [1.54, 1.807) is 13.2 Å². The van der Waals surface area contributed by atoms with Crippen molar-refractivity contribution in [1.82, 2.24) is 4.90 Å².